The molecule has 0 atom stereocenters. The molecule has 0 aliphatic carbocycles. The highest BCUT2D eigenvalue weighted by Gasteiger charge is 2.18. The minimum atomic E-state index is -3.70. The largest absolute Gasteiger partial charge is 0.497 e. The number of hydrogen-bond donors (Lipinski definition) is 0. The summed E-state index contributed by atoms with van der Waals surface area (Å²) in [5.74, 6) is 0.930. The maximum atomic E-state index is 12.8. The van der Waals surface area contributed by atoms with Crippen molar-refractivity contribution in [2.75, 3.05) is 7.11 Å². The van der Waals surface area contributed by atoms with Crippen LogP contribution in [0.1, 0.15) is 24.2 Å². The second-order valence-electron chi connectivity index (χ2n) is 6.73. The van der Waals surface area contributed by atoms with E-state index >= 15 is 0 Å². The van der Waals surface area contributed by atoms with E-state index in [9.17, 15) is 13.2 Å². The average molecular weight is 426 g/mol. The molecule has 0 N–H and O–H groups in total. The Labute approximate surface area is 175 Å². The molecule has 0 radical (unpaired) electrons. The first-order valence-corrected chi connectivity index (χ1v) is 10.8. The Morgan fingerprint density at radius 3 is 1.67 bits per heavy atom. The molecule has 3 aromatic rings. The molecule has 0 heterocycles. The Bertz CT molecular complexity index is 1100. The molecule has 0 amide bonds. The topological polar surface area (TPSA) is 78.9 Å². The molecule has 30 heavy (non-hydrogen) atoms. The molecule has 0 spiro atoms. The molecule has 0 unspecified atom stereocenters. The van der Waals surface area contributed by atoms with Crippen LogP contribution in [-0.4, -0.2) is 27.6 Å². The molecule has 0 aliphatic rings. The number of benzene rings is 3. The van der Waals surface area contributed by atoms with Gasteiger partial charge in [-0.05, 0) is 86.6 Å². The summed E-state index contributed by atoms with van der Waals surface area (Å²) >= 11 is 0. The van der Waals surface area contributed by atoms with E-state index in [1.54, 1.807) is 36.4 Å². The maximum Gasteiger partial charge on any atom is 0.343 e. The Hall–Kier alpha value is -3.32. The van der Waals surface area contributed by atoms with Gasteiger partial charge in [0.15, 0.2) is 0 Å². The van der Waals surface area contributed by atoms with Crippen LogP contribution in [0.5, 0.6) is 17.2 Å². The number of ether oxygens (including phenoxy) is 3. The van der Waals surface area contributed by atoms with Gasteiger partial charge >= 0.3 is 5.97 Å². The molecule has 0 fully saturated rings. The second kappa shape index (κ2) is 9.00. The van der Waals surface area contributed by atoms with Crippen molar-refractivity contribution >= 4 is 15.8 Å². The van der Waals surface area contributed by atoms with Crippen LogP contribution in [-0.2, 0) is 9.84 Å². The normalized spacial score (nSPS) is 11.2. The maximum absolute atomic E-state index is 12.8. The van der Waals surface area contributed by atoms with Crippen molar-refractivity contribution < 1.29 is 27.4 Å². The average Bonchev–Trinajstić information content (AvgIpc) is 2.74. The zero-order valence-electron chi connectivity index (χ0n) is 16.9. The van der Waals surface area contributed by atoms with Crippen molar-refractivity contribution in [2.24, 2.45) is 0 Å². The van der Waals surface area contributed by atoms with Crippen LogP contribution < -0.4 is 14.2 Å². The SMILES string of the molecule is COc1ccc(C(=O)Oc2ccc(S(=O)(=O)c3ccc(OC(C)C)cc3)cc2)cc1. The molecule has 3 rings (SSSR count). The lowest BCUT2D eigenvalue weighted by molar-refractivity contribution is 0.0734. The Balaban J connectivity index is 1.73. The van der Waals surface area contributed by atoms with E-state index in [1.165, 1.54) is 43.5 Å². The third kappa shape index (κ3) is 4.99. The van der Waals surface area contributed by atoms with Crippen LogP contribution in [0.4, 0.5) is 0 Å². The molecule has 0 bridgehead atoms. The summed E-state index contributed by atoms with van der Waals surface area (Å²) in [4.78, 5) is 12.5. The molecule has 156 valence electrons. The third-order valence-electron chi connectivity index (χ3n) is 4.18. The fourth-order valence-corrected chi connectivity index (χ4v) is 3.95. The van der Waals surface area contributed by atoms with Crippen LogP contribution in [0.3, 0.4) is 0 Å². The molecule has 0 aromatic heterocycles. The van der Waals surface area contributed by atoms with Gasteiger partial charge < -0.3 is 14.2 Å². The summed E-state index contributed by atoms with van der Waals surface area (Å²) in [5.41, 5.74) is 0.358. The first-order chi connectivity index (χ1) is 14.3. The Morgan fingerprint density at radius 2 is 1.20 bits per heavy atom. The number of methoxy groups -OCH3 is 1. The lowest BCUT2D eigenvalue weighted by atomic mass is 10.2. The minimum absolute atomic E-state index is 0.000580. The van der Waals surface area contributed by atoms with E-state index in [1.807, 2.05) is 13.8 Å². The highest BCUT2D eigenvalue weighted by atomic mass is 32.2. The lowest BCUT2D eigenvalue weighted by Crippen LogP contribution is -2.09. The van der Waals surface area contributed by atoms with Gasteiger partial charge in [0, 0.05) is 0 Å². The van der Waals surface area contributed by atoms with Gasteiger partial charge in [-0.2, -0.15) is 0 Å². The predicted molar refractivity (Wildman–Crippen MR) is 112 cm³/mol. The van der Waals surface area contributed by atoms with Crippen molar-refractivity contribution in [2.45, 2.75) is 29.7 Å². The van der Waals surface area contributed by atoms with Crippen LogP contribution in [0.15, 0.2) is 82.6 Å². The highest BCUT2D eigenvalue weighted by Crippen LogP contribution is 2.25. The van der Waals surface area contributed by atoms with E-state index in [0.717, 1.165) is 0 Å². The summed E-state index contributed by atoms with van der Waals surface area (Å²) in [6, 6.07) is 18.5. The molecule has 0 aliphatic heterocycles. The summed E-state index contributed by atoms with van der Waals surface area (Å²) < 4.78 is 41.5. The van der Waals surface area contributed by atoms with E-state index in [4.69, 9.17) is 14.2 Å². The van der Waals surface area contributed by atoms with Gasteiger partial charge in [-0.15, -0.1) is 0 Å². The van der Waals surface area contributed by atoms with E-state index in [-0.39, 0.29) is 21.6 Å². The van der Waals surface area contributed by atoms with Crippen LogP contribution >= 0.6 is 0 Å². The summed E-state index contributed by atoms with van der Waals surface area (Å²) in [6.07, 6.45) is 0.000580. The lowest BCUT2D eigenvalue weighted by Gasteiger charge is -2.11. The van der Waals surface area contributed by atoms with Gasteiger partial charge in [-0.1, -0.05) is 0 Å². The number of rotatable bonds is 7. The van der Waals surface area contributed by atoms with Crippen LogP contribution in [0.2, 0.25) is 0 Å². The minimum Gasteiger partial charge on any atom is -0.497 e. The molecule has 6 nitrogen and oxygen atoms in total. The molecule has 0 saturated heterocycles. The highest BCUT2D eigenvalue weighted by molar-refractivity contribution is 7.91. The molecular formula is C23H22O6S. The summed E-state index contributed by atoms with van der Waals surface area (Å²) in [6.45, 7) is 3.79. The Kier molecular flexibility index (Phi) is 6.42. The summed E-state index contributed by atoms with van der Waals surface area (Å²) in [7, 11) is -2.16. The van der Waals surface area contributed by atoms with Gasteiger partial charge in [0.05, 0.1) is 28.6 Å². The Morgan fingerprint density at radius 1 is 0.733 bits per heavy atom. The zero-order valence-corrected chi connectivity index (χ0v) is 17.7. The van der Waals surface area contributed by atoms with Gasteiger partial charge in [0.25, 0.3) is 0 Å². The number of hydrogen-bond acceptors (Lipinski definition) is 6. The quantitative estimate of drug-likeness (QED) is 0.408. The zero-order chi connectivity index (χ0) is 21.7. The van der Waals surface area contributed by atoms with Gasteiger partial charge in [0.2, 0.25) is 9.84 Å². The van der Waals surface area contributed by atoms with Crippen molar-refractivity contribution in [3.63, 3.8) is 0 Å². The van der Waals surface area contributed by atoms with Crippen molar-refractivity contribution in [1.29, 1.82) is 0 Å². The number of sulfone groups is 1. The van der Waals surface area contributed by atoms with Crippen molar-refractivity contribution in [3.8, 4) is 17.2 Å². The van der Waals surface area contributed by atoms with E-state index < -0.39 is 15.8 Å². The molecule has 0 saturated carbocycles. The van der Waals surface area contributed by atoms with Crippen molar-refractivity contribution in [3.05, 3.63) is 78.4 Å². The standard InChI is InChI=1S/C23H22O6S/c1-16(2)28-19-8-12-21(13-9-19)30(25,26)22-14-10-20(11-15-22)29-23(24)17-4-6-18(27-3)7-5-17/h4-16H,1-3H3. The smallest absolute Gasteiger partial charge is 0.343 e. The second-order valence-corrected chi connectivity index (χ2v) is 8.68. The van der Waals surface area contributed by atoms with Gasteiger partial charge in [-0.3, -0.25) is 0 Å². The first kappa shape index (κ1) is 21.4. The fraction of sp³-hybridized carbons (Fsp3) is 0.174. The molecular weight excluding hydrogens is 404 g/mol. The fourth-order valence-electron chi connectivity index (χ4n) is 2.69. The number of esters is 1. The number of carbonyl (C=O) groups excluding carboxylic acids is 1. The monoisotopic (exact) mass is 426 g/mol. The van der Waals surface area contributed by atoms with Crippen molar-refractivity contribution in [1.82, 2.24) is 0 Å². The first-order valence-electron chi connectivity index (χ1n) is 9.27. The predicted octanol–water partition coefficient (Wildman–Crippen LogP) is 4.53. The van der Waals surface area contributed by atoms with Crippen LogP contribution in [0.25, 0.3) is 0 Å². The van der Waals surface area contributed by atoms with E-state index in [0.29, 0.717) is 17.1 Å². The van der Waals surface area contributed by atoms with Crippen LogP contribution in [0, 0.1) is 0 Å². The van der Waals surface area contributed by atoms with Gasteiger partial charge in [-0.25, -0.2) is 13.2 Å². The van der Waals surface area contributed by atoms with Gasteiger partial charge in [0.1, 0.15) is 17.2 Å². The molecule has 7 heteroatoms. The van der Waals surface area contributed by atoms with E-state index in [2.05, 4.69) is 0 Å². The summed E-state index contributed by atoms with van der Waals surface area (Å²) in [5, 5.41) is 0. The molecule has 3 aromatic carbocycles. The third-order valence-corrected chi connectivity index (χ3v) is 5.96. The number of carbonyl (C=O) groups is 1.